The smallest absolute Gasteiger partial charge is 0.174 e. The molecule has 0 aromatic carbocycles. The molecule has 80 valence electrons. The lowest BCUT2D eigenvalue weighted by atomic mass is 10.4. The van der Waals surface area contributed by atoms with E-state index in [2.05, 4.69) is 20.3 Å². The Bertz CT molecular complexity index is 628. The Morgan fingerprint density at radius 3 is 3.00 bits per heavy atom. The summed E-state index contributed by atoms with van der Waals surface area (Å²) < 4.78 is 1.98. The van der Waals surface area contributed by atoms with Crippen LogP contribution in [0.4, 0.5) is 0 Å². The van der Waals surface area contributed by atoms with E-state index >= 15 is 0 Å². The van der Waals surface area contributed by atoms with Crippen LogP contribution in [0.15, 0.2) is 39.7 Å². The largest absolute Gasteiger partial charge is 0.329 e. The van der Waals surface area contributed by atoms with Crippen molar-refractivity contribution in [2.24, 2.45) is 7.05 Å². The number of aryl methyl sites for hydroxylation is 1. The summed E-state index contributed by atoms with van der Waals surface area (Å²) in [6.45, 7) is 0. The fraction of sp³-hybridized carbons (Fsp3) is 0.100. The van der Waals surface area contributed by atoms with Gasteiger partial charge in [0.2, 0.25) is 0 Å². The monoisotopic (exact) mass is 248 g/mol. The van der Waals surface area contributed by atoms with Gasteiger partial charge in [0.25, 0.3) is 0 Å². The van der Waals surface area contributed by atoms with Crippen LogP contribution in [0.1, 0.15) is 0 Å². The Kier molecular flexibility index (Phi) is 2.37. The highest BCUT2D eigenvalue weighted by atomic mass is 32.2. The molecule has 3 rings (SSSR count). The number of hydrogen-bond donors (Lipinski definition) is 0. The van der Waals surface area contributed by atoms with E-state index in [0.717, 1.165) is 21.1 Å². The molecule has 3 aromatic rings. The van der Waals surface area contributed by atoms with E-state index in [0.29, 0.717) is 0 Å². The van der Waals surface area contributed by atoms with Crippen molar-refractivity contribution in [1.29, 1.82) is 0 Å². The molecule has 0 N–H and O–H groups in total. The van der Waals surface area contributed by atoms with Crippen LogP contribution in [0.2, 0.25) is 0 Å². The molecule has 0 amide bonds. The van der Waals surface area contributed by atoms with Crippen molar-refractivity contribution in [2.45, 2.75) is 10.2 Å². The van der Waals surface area contributed by atoms with Crippen LogP contribution in [-0.2, 0) is 7.05 Å². The van der Waals surface area contributed by atoms with Gasteiger partial charge < -0.3 is 4.57 Å². The zero-order valence-corrected chi connectivity index (χ0v) is 10.1. The summed E-state index contributed by atoms with van der Waals surface area (Å²) in [6, 6.07) is 0. The number of fused-ring (bicyclic) bond motifs is 1. The number of hydrogen-bond acceptors (Lipinski definition) is 5. The van der Waals surface area contributed by atoms with E-state index in [1.807, 2.05) is 23.2 Å². The average Bonchev–Trinajstić information content (AvgIpc) is 2.89. The summed E-state index contributed by atoms with van der Waals surface area (Å²) in [5.74, 6) is 0. The van der Waals surface area contributed by atoms with Crippen molar-refractivity contribution in [3.05, 3.63) is 29.5 Å². The van der Waals surface area contributed by atoms with Crippen molar-refractivity contribution >= 4 is 34.0 Å². The van der Waals surface area contributed by atoms with E-state index in [9.17, 15) is 0 Å². The standard InChI is InChI=1S/C10H8N4S2/c1-14-3-2-11-10(14)16-9-7-4-15-5-8(7)12-6-13-9/h2-6H,1H3. The summed E-state index contributed by atoms with van der Waals surface area (Å²) in [7, 11) is 1.97. The minimum atomic E-state index is 0.936. The summed E-state index contributed by atoms with van der Waals surface area (Å²) >= 11 is 3.20. The van der Waals surface area contributed by atoms with Gasteiger partial charge in [-0.3, -0.25) is 0 Å². The topological polar surface area (TPSA) is 43.6 Å². The van der Waals surface area contributed by atoms with Crippen LogP contribution in [0.5, 0.6) is 0 Å². The second-order valence-corrected chi connectivity index (χ2v) is 4.97. The summed E-state index contributed by atoms with van der Waals surface area (Å²) in [5, 5.41) is 7.09. The fourth-order valence-corrected chi connectivity index (χ4v) is 3.07. The molecule has 0 bridgehead atoms. The third-order valence-corrected chi connectivity index (χ3v) is 4.03. The van der Waals surface area contributed by atoms with Gasteiger partial charge >= 0.3 is 0 Å². The van der Waals surface area contributed by atoms with Crippen molar-refractivity contribution < 1.29 is 0 Å². The van der Waals surface area contributed by atoms with E-state index in [1.165, 1.54) is 0 Å². The zero-order chi connectivity index (χ0) is 11.0. The first kappa shape index (κ1) is 9.80. The van der Waals surface area contributed by atoms with Crippen molar-refractivity contribution in [2.75, 3.05) is 0 Å². The Labute approximate surface area is 100 Å². The highest BCUT2D eigenvalue weighted by Gasteiger charge is 2.08. The molecule has 0 saturated carbocycles. The molecular weight excluding hydrogens is 240 g/mol. The molecule has 0 atom stereocenters. The van der Waals surface area contributed by atoms with Gasteiger partial charge in [0.15, 0.2) is 5.16 Å². The maximum Gasteiger partial charge on any atom is 0.174 e. The van der Waals surface area contributed by atoms with E-state index in [4.69, 9.17) is 0 Å². The first-order valence-electron chi connectivity index (χ1n) is 4.66. The first-order chi connectivity index (χ1) is 7.84. The van der Waals surface area contributed by atoms with E-state index in [1.54, 1.807) is 35.6 Å². The van der Waals surface area contributed by atoms with Crippen LogP contribution in [-0.4, -0.2) is 19.5 Å². The molecule has 0 fully saturated rings. The Balaban J connectivity index is 2.07. The second kappa shape index (κ2) is 3.88. The normalized spacial score (nSPS) is 11.1. The van der Waals surface area contributed by atoms with Crippen molar-refractivity contribution in [3.8, 4) is 0 Å². The fourth-order valence-electron chi connectivity index (χ4n) is 1.38. The maximum absolute atomic E-state index is 4.30. The van der Waals surface area contributed by atoms with Crippen LogP contribution in [0.3, 0.4) is 0 Å². The van der Waals surface area contributed by atoms with Crippen LogP contribution < -0.4 is 0 Å². The second-order valence-electron chi connectivity index (χ2n) is 3.27. The molecule has 0 spiro atoms. The van der Waals surface area contributed by atoms with Gasteiger partial charge in [-0.05, 0) is 11.8 Å². The average molecular weight is 248 g/mol. The Hall–Kier alpha value is -1.40. The van der Waals surface area contributed by atoms with E-state index in [-0.39, 0.29) is 0 Å². The molecule has 0 radical (unpaired) electrons. The highest BCUT2D eigenvalue weighted by Crippen LogP contribution is 2.30. The molecular formula is C10H8N4S2. The molecule has 0 saturated heterocycles. The number of rotatable bonds is 2. The molecule has 6 heteroatoms. The van der Waals surface area contributed by atoms with Gasteiger partial charge in [0.1, 0.15) is 11.4 Å². The van der Waals surface area contributed by atoms with E-state index < -0.39 is 0 Å². The van der Waals surface area contributed by atoms with Crippen LogP contribution in [0, 0.1) is 0 Å². The number of imidazole rings is 1. The summed E-state index contributed by atoms with van der Waals surface area (Å²) in [6.07, 6.45) is 5.31. The summed E-state index contributed by atoms with van der Waals surface area (Å²) in [5.41, 5.74) is 0.997. The minimum Gasteiger partial charge on any atom is -0.329 e. The molecule has 0 aliphatic carbocycles. The highest BCUT2D eigenvalue weighted by molar-refractivity contribution is 7.99. The molecule has 3 aromatic heterocycles. The van der Waals surface area contributed by atoms with Gasteiger partial charge in [0.05, 0.1) is 5.52 Å². The first-order valence-corrected chi connectivity index (χ1v) is 6.42. The predicted molar refractivity (Wildman–Crippen MR) is 64.7 cm³/mol. The van der Waals surface area contributed by atoms with Gasteiger partial charge in [-0.1, -0.05) is 0 Å². The molecule has 0 aliphatic heterocycles. The van der Waals surface area contributed by atoms with Gasteiger partial charge in [-0.25, -0.2) is 15.0 Å². The van der Waals surface area contributed by atoms with Gasteiger partial charge in [-0.2, -0.15) is 0 Å². The number of nitrogens with zero attached hydrogens (tertiary/aromatic N) is 4. The lowest BCUT2D eigenvalue weighted by Crippen LogP contribution is -1.90. The molecule has 4 nitrogen and oxygen atoms in total. The molecule has 3 heterocycles. The minimum absolute atomic E-state index is 0.936. The van der Waals surface area contributed by atoms with Crippen LogP contribution >= 0.6 is 23.1 Å². The molecule has 0 aliphatic rings. The maximum atomic E-state index is 4.30. The molecule has 16 heavy (non-hydrogen) atoms. The number of aromatic nitrogens is 4. The zero-order valence-electron chi connectivity index (χ0n) is 8.49. The van der Waals surface area contributed by atoms with Crippen molar-refractivity contribution in [3.63, 3.8) is 0 Å². The van der Waals surface area contributed by atoms with Crippen molar-refractivity contribution in [1.82, 2.24) is 19.5 Å². The van der Waals surface area contributed by atoms with Gasteiger partial charge in [-0.15, -0.1) is 11.3 Å². The third-order valence-electron chi connectivity index (χ3n) is 2.21. The molecule has 0 unspecified atom stereocenters. The van der Waals surface area contributed by atoms with Crippen LogP contribution in [0.25, 0.3) is 10.9 Å². The Morgan fingerprint density at radius 2 is 2.19 bits per heavy atom. The Morgan fingerprint density at radius 1 is 1.25 bits per heavy atom. The predicted octanol–water partition coefficient (Wildman–Crippen LogP) is 2.58. The lowest BCUT2D eigenvalue weighted by Gasteiger charge is -2.01. The number of thiophene rings is 1. The third kappa shape index (κ3) is 1.60. The van der Waals surface area contributed by atoms with Gasteiger partial charge in [0, 0.05) is 35.6 Å². The lowest BCUT2D eigenvalue weighted by molar-refractivity contribution is 0.789. The summed E-state index contributed by atoms with van der Waals surface area (Å²) in [4.78, 5) is 12.8. The SMILES string of the molecule is Cn1ccnc1Sc1ncnc2cscc12. The quantitative estimate of drug-likeness (QED) is 0.654.